The summed E-state index contributed by atoms with van der Waals surface area (Å²) in [6, 6.07) is 31.5. The lowest BCUT2D eigenvalue weighted by Gasteiger charge is -2.39. The molecule has 0 radical (unpaired) electrons. The van der Waals surface area contributed by atoms with Crippen LogP contribution in [0.4, 0.5) is 4.39 Å². The number of rotatable bonds is 6. The van der Waals surface area contributed by atoms with Crippen molar-refractivity contribution in [1.29, 1.82) is 0 Å². The van der Waals surface area contributed by atoms with Crippen LogP contribution in [0.5, 0.6) is 0 Å². The van der Waals surface area contributed by atoms with Crippen LogP contribution < -0.4 is 0 Å². The molecule has 0 spiro atoms. The largest absolute Gasteiger partial charge is 0.333 e. The second kappa shape index (κ2) is 10.7. The van der Waals surface area contributed by atoms with E-state index in [1.807, 2.05) is 41.3 Å². The van der Waals surface area contributed by atoms with Crippen molar-refractivity contribution in [2.45, 2.75) is 37.9 Å². The smallest absolute Gasteiger partial charge is 0.237 e. The van der Waals surface area contributed by atoms with Gasteiger partial charge in [0.05, 0.1) is 12.6 Å². The van der Waals surface area contributed by atoms with Gasteiger partial charge in [-0.15, -0.1) is 0 Å². The summed E-state index contributed by atoms with van der Waals surface area (Å²) in [5.41, 5.74) is 6.68. The molecule has 4 aromatic rings. The highest BCUT2D eigenvalue weighted by atomic mass is 35.5. The number of carbonyl (C=O) groups excluding carboxylic acids is 1. The molecule has 192 valence electrons. The van der Waals surface area contributed by atoms with Crippen molar-refractivity contribution in [3.8, 4) is 0 Å². The van der Waals surface area contributed by atoms with Crippen molar-refractivity contribution in [1.82, 2.24) is 9.80 Å². The van der Waals surface area contributed by atoms with Gasteiger partial charge in [-0.2, -0.15) is 0 Å². The second-order valence-electron chi connectivity index (χ2n) is 10.3. The normalized spacial score (nSPS) is 17.2. The molecule has 0 N–H and O–H groups in total. The topological polar surface area (TPSA) is 23.6 Å². The van der Waals surface area contributed by atoms with E-state index in [-0.39, 0.29) is 36.9 Å². The van der Waals surface area contributed by atoms with Crippen molar-refractivity contribution in [2.24, 2.45) is 0 Å². The fraction of sp³-hybridized carbons (Fsp3) is 0.242. The van der Waals surface area contributed by atoms with E-state index < -0.39 is 0 Å². The summed E-state index contributed by atoms with van der Waals surface area (Å²) in [7, 11) is 0. The van der Waals surface area contributed by atoms with Crippen LogP contribution in [0, 0.1) is 5.82 Å². The Bertz CT molecular complexity index is 1450. The predicted octanol–water partition coefficient (Wildman–Crippen LogP) is 6.62. The van der Waals surface area contributed by atoms with Gasteiger partial charge in [-0.1, -0.05) is 90.5 Å². The summed E-state index contributed by atoms with van der Waals surface area (Å²) in [6.45, 7) is 1.28. The number of fused-ring (bicyclic) bond motifs is 2. The predicted molar refractivity (Wildman–Crippen MR) is 150 cm³/mol. The van der Waals surface area contributed by atoms with Crippen LogP contribution in [0.15, 0.2) is 97.1 Å². The SMILES string of the molecule is O=C(CN1CCc2ccccc2C1c1cccc(Cl)c1)N(Cc1ccccc1F)C1Cc2ccccc2C1. The van der Waals surface area contributed by atoms with E-state index in [1.54, 1.807) is 12.1 Å². The molecule has 0 saturated heterocycles. The maximum absolute atomic E-state index is 14.7. The molecule has 0 fully saturated rings. The van der Waals surface area contributed by atoms with Crippen LogP contribution >= 0.6 is 11.6 Å². The first-order valence-corrected chi connectivity index (χ1v) is 13.6. The minimum Gasteiger partial charge on any atom is -0.333 e. The molecular weight excluding hydrogens is 495 g/mol. The molecule has 1 atom stereocenters. The van der Waals surface area contributed by atoms with Crippen LogP contribution in [0.3, 0.4) is 0 Å². The molecule has 1 unspecified atom stereocenters. The van der Waals surface area contributed by atoms with Gasteiger partial charge in [-0.25, -0.2) is 4.39 Å². The first kappa shape index (κ1) is 24.8. The molecule has 6 rings (SSSR count). The number of amides is 1. The molecule has 0 saturated carbocycles. The zero-order valence-corrected chi connectivity index (χ0v) is 21.9. The lowest BCUT2D eigenvalue weighted by molar-refractivity contribution is -0.136. The lowest BCUT2D eigenvalue weighted by atomic mass is 9.88. The zero-order valence-electron chi connectivity index (χ0n) is 21.2. The number of carbonyl (C=O) groups is 1. The Labute approximate surface area is 228 Å². The summed E-state index contributed by atoms with van der Waals surface area (Å²) < 4.78 is 14.7. The second-order valence-corrected chi connectivity index (χ2v) is 10.8. The third-order valence-electron chi connectivity index (χ3n) is 7.98. The molecule has 1 aliphatic carbocycles. The lowest BCUT2D eigenvalue weighted by Crippen LogP contribution is -2.48. The Balaban J connectivity index is 1.32. The van der Waals surface area contributed by atoms with Gasteiger partial charge in [0.25, 0.3) is 0 Å². The van der Waals surface area contributed by atoms with Crippen molar-refractivity contribution in [3.05, 3.63) is 141 Å². The van der Waals surface area contributed by atoms with Gasteiger partial charge in [0.2, 0.25) is 5.91 Å². The van der Waals surface area contributed by atoms with Crippen LogP contribution in [0.2, 0.25) is 5.02 Å². The van der Waals surface area contributed by atoms with Crippen molar-refractivity contribution < 1.29 is 9.18 Å². The van der Waals surface area contributed by atoms with Crippen LogP contribution in [0.1, 0.15) is 39.4 Å². The third kappa shape index (κ3) is 4.99. The molecule has 5 heteroatoms. The summed E-state index contributed by atoms with van der Waals surface area (Å²) >= 11 is 6.40. The van der Waals surface area contributed by atoms with Crippen LogP contribution in [-0.4, -0.2) is 34.8 Å². The fourth-order valence-corrected chi connectivity index (χ4v) is 6.31. The quantitative estimate of drug-likeness (QED) is 0.283. The number of nitrogens with zero attached hydrogens (tertiary/aromatic N) is 2. The third-order valence-corrected chi connectivity index (χ3v) is 8.21. The average molecular weight is 525 g/mol. The van der Waals surface area contributed by atoms with Crippen LogP contribution in [0.25, 0.3) is 0 Å². The Morgan fingerprint density at radius 2 is 1.55 bits per heavy atom. The fourth-order valence-electron chi connectivity index (χ4n) is 6.11. The summed E-state index contributed by atoms with van der Waals surface area (Å²) in [5.74, 6) is -0.248. The molecule has 38 heavy (non-hydrogen) atoms. The maximum Gasteiger partial charge on any atom is 0.237 e. The van der Waals surface area contributed by atoms with E-state index in [0.29, 0.717) is 10.6 Å². The van der Waals surface area contributed by atoms with Gasteiger partial charge in [-0.05, 0) is 65.3 Å². The molecule has 1 amide bonds. The molecule has 4 aromatic carbocycles. The maximum atomic E-state index is 14.7. The Hall–Kier alpha value is -3.47. The van der Waals surface area contributed by atoms with E-state index >= 15 is 0 Å². The van der Waals surface area contributed by atoms with Gasteiger partial charge >= 0.3 is 0 Å². The number of benzene rings is 4. The van der Waals surface area contributed by atoms with E-state index in [0.717, 1.165) is 31.4 Å². The summed E-state index contributed by atoms with van der Waals surface area (Å²) in [6.07, 6.45) is 2.45. The summed E-state index contributed by atoms with van der Waals surface area (Å²) in [4.78, 5) is 18.3. The first-order chi connectivity index (χ1) is 18.6. The van der Waals surface area contributed by atoms with Gasteiger partial charge in [0, 0.05) is 29.7 Å². The summed E-state index contributed by atoms with van der Waals surface area (Å²) in [5, 5.41) is 0.682. The van der Waals surface area contributed by atoms with Crippen molar-refractivity contribution >= 4 is 17.5 Å². The zero-order chi connectivity index (χ0) is 26.1. The number of hydrogen-bond acceptors (Lipinski definition) is 2. The van der Waals surface area contributed by atoms with Gasteiger partial charge in [0.1, 0.15) is 5.82 Å². The van der Waals surface area contributed by atoms with Gasteiger partial charge in [0.15, 0.2) is 0 Å². The van der Waals surface area contributed by atoms with Crippen LogP contribution in [-0.2, 0) is 30.6 Å². The highest BCUT2D eigenvalue weighted by molar-refractivity contribution is 6.30. The molecule has 0 aromatic heterocycles. The average Bonchev–Trinajstić information content (AvgIpc) is 3.36. The number of hydrogen-bond donors (Lipinski definition) is 0. The Kier molecular flexibility index (Phi) is 7.01. The monoisotopic (exact) mass is 524 g/mol. The van der Waals surface area contributed by atoms with Gasteiger partial charge in [-0.3, -0.25) is 9.69 Å². The highest BCUT2D eigenvalue weighted by Crippen LogP contribution is 2.36. The van der Waals surface area contributed by atoms with E-state index in [9.17, 15) is 9.18 Å². The minimum atomic E-state index is -0.274. The molecule has 1 heterocycles. The molecule has 3 nitrogen and oxygen atoms in total. The van der Waals surface area contributed by atoms with Crippen molar-refractivity contribution in [3.63, 3.8) is 0 Å². The standard InChI is InChI=1S/C33H30ClFN2O/c34-28-13-7-12-26(18-28)33-30-14-5-3-8-23(30)16-17-36(33)22-32(38)37(21-27-11-4-6-15-31(27)35)29-19-24-9-1-2-10-25(24)20-29/h1-15,18,29,33H,16-17,19-22H2. The molecule has 2 aliphatic rings. The van der Waals surface area contributed by atoms with Crippen molar-refractivity contribution in [2.75, 3.05) is 13.1 Å². The molecular formula is C33H30ClFN2O. The van der Waals surface area contributed by atoms with E-state index in [1.165, 1.54) is 28.3 Å². The molecule has 1 aliphatic heterocycles. The first-order valence-electron chi connectivity index (χ1n) is 13.2. The van der Waals surface area contributed by atoms with E-state index in [2.05, 4.69) is 47.4 Å². The Morgan fingerprint density at radius 3 is 2.29 bits per heavy atom. The van der Waals surface area contributed by atoms with E-state index in [4.69, 9.17) is 11.6 Å². The Morgan fingerprint density at radius 1 is 0.868 bits per heavy atom. The van der Waals surface area contributed by atoms with Gasteiger partial charge < -0.3 is 4.90 Å². The molecule has 0 bridgehead atoms. The number of halogens is 2. The highest BCUT2D eigenvalue weighted by Gasteiger charge is 2.35. The minimum absolute atomic E-state index is 0.00111.